The molecule has 96 valence electrons. The van der Waals surface area contributed by atoms with Gasteiger partial charge in [0.2, 0.25) is 0 Å². The molecule has 1 unspecified atom stereocenters. The van der Waals surface area contributed by atoms with Gasteiger partial charge in [0.05, 0.1) is 11.4 Å². The minimum absolute atomic E-state index is 0.334. The summed E-state index contributed by atoms with van der Waals surface area (Å²) < 4.78 is 3.03. The quantitative estimate of drug-likeness (QED) is 0.945. The standard InChI is InChI=1S/C14H18BrN3/c1-9(8-16)14-10(2)17-18(11(14)3)13-7-5-4-6-12(13)15/h4-7,9H,8,16H2,1-3H3. The zero-order valence-electron chi connectivity index (χ0n) is 10.9. The van der Waals surface area contributed by atoms with Crippen LogP contribution in [0.25, 0.3) is 5.69 Å². The summed E-state index contributed by atoms with van der Waals surface area (Å²) >= 11 is 3.57. The second-order valence-electron chi connectivity index (χ2n) is 4.58. The van der Waals surface area contributed by atoms with Crippen molar-refractivity contribution in [3.63, 3.8) is 0 Å². The topological polar surface area (TPSA) is 43.8 Å². The van der Waals surface area contributed by atoms with Gasteiger partial charge in [-0.2, -0.15) is 5.10 Å². The van der Waals surface area contributed by atoms with Crippen molar-refractivity contribution in [1.29, 1.82) is 0 Å². The third kappa shape index (κ3) is 2.22. The van der Waals surface area contributed by atoms with E-state index >= 15 is 0 Å². The molecule has 3 nitrogen and oxygen atoms in total. The average molecular weight is 308 g/mol. The molecule has 2 N–H and O–H groups in total. The van der Waals surface area contributed by atoms with E-state index in [4.69, 9.17) is 5.73 Å². The van der Waals surface area contributed by atoms with Crippen molar-refractivity contribution in [2.45, 2.75) is 26.7 Å². The highest BCUT2D eigenvalue weighted by Crippen LogP contribution is 2.27. The van der Waals surface area contributed by atoms with Crippen LogP contribution in [0.3, 0.4) is 0 Å². The molecule has 0 saturated heterocycles. The van der Waals surface area contributed by atoms with E-state index in [0.717, 1.165) is 21.5 Å². The molecule has 1 heterocycles. The van der Waals surface area contributed by atoms with Crippen LogP contribution in [0.4, 0.5) is 0 Å². The number of rotatable bonds is 3. The Bertz CT molecular complexity index is 560. The van der Waals surface area contributed by atoms with Crippen molar-refractivity contribution >= 4 is 15.9 Å². The lowest BCUT2D eigenvalue weighted by atomic mass is 9.99. The maximum atomic E-state index is 5.77. The number of hydrogen-bond donors (Lipinski definition) is 1. The number of nitrogens with zero attached hydrogens (tertiary/aromatic N) is 2. The number of aryl methyl sites for hydroxylation is 1. The zero-order valence-corrected chi connectivity index (χ0v) is 12.5. The maximum absolute atomic E-state index is 5.77. The monoisotopic (exact) mass is 307 g/mol. The number of aromatic nitrogens is 2. The number of benzene rings is 1. The van der Waals surface area contributed by atoms with E-state index in [1.807, 2.05) is 29.8 Å². The van der Waals surface area contributed by atoms with Crippen molar-refractivity contribution in [2.75, 3.05) is 6.54 Å². The molecule has 0 fully saturated rings. The first-order valence-corrected chi connectivity index (χ1v) is 6.86. The van der Waals surface area contributed by atoms with E-state index in [1.165, 1.54) is 5.56 Å². The lowest BCUT2D eigenvalue weighted by Gasteiger charge is -2.10. The van der Waals surface area contributed by atoms with E-state index < -0.39 is 0 Å². The summed E-state index contributed by atoms with van der Waals surface area (Å²) in [6.07, 6.45) is 0. The van der Waals surface area contributed by atoms with Gasteiger partial charge in [0.25, 0.3) is 0 Å². The van der Waals surface area contributed by atoms with E-state index in [2.05, 4.69) is 40.9 Å². The Morgan fingerprint density at radius 3 is 2.61 bits per heavy atom. The summed E-state index contributed by atoms with van der Waals surface area (Å²) in [5.41, 5.74) is 10.3. The Morgan fingerprint density at radius 2 is 2.00 bits per heavy atom. The summed E-state index contributed by atoms with van der Waals surface area (Å²) in [5.74, 6) is 0.334. The van der Waals surface area contributed by atoms with Gasteiger partial charge in [-0.1, -0.05) is 19.1 Å². The molecule has 2 rings (SSSR count). The molecule has 0 aliphatic heterocycles. The third-order valence-electron chi connectivity index (χ3n) is 3.27. The van der Waals surface area contributed by atoms with Gasteiger partial charge in [0.15, 0.2) is 0 Å². The second kappa shape index (κ2) is 5.24. The van der Waals surface area contributed by atoms with Crippen molar-refractivity contribution in [2.24, 2.45) is 5.73 Å². The molecule has 1 aromatic carbocycles. The van der Waals surface area contributed by atoms with Gasteiger partial charge in [-0.15, -0.1) is 0 Å². The Balaban J connectivity index is 2.58. The molecule has 1 atom stereocenters. The van der Waals surface area contributed by atoms with Gasteiger partial charge < -0.3 is 5.73 Å². The highest BCUT2D eigenvalue weighted by molar-refractivity contribution is 9.10. The summed E-state index contributed by atoms with van der Waals surface area (Å²) in [6.45, 7) is 6.92. The minimum Gasteiger partial charge on any atom is -0.330 e. The molecular formula is C14H18BrN3. The first kappa shape index (κ1) is 13.3. The van der Waals surface area contributed by atoms with Crippen molar-refractivity contribution in [3.8, 4) is 5.69 Å². The molecule has 18 heavy (non-hydrogen) atoms. The van der Waals surface area contributed by atoms with Crippen LogP contribution >= 0.6 is 15.9 Å². The maximum Gasteiger partial charge on any atom is 0.0790 e. The molecule has 0 aliphatic carbocycles. The predicted molar refractivity (Wildman–Crippen MR) is 78.2 cm³/mol. The lowest BCUT2D eigenvalue weighted by Crippen LogP contribution is -2.10. The first-order valence-electron chi connectivity index (χ1n) is 6.07. The fraction of sp³-hybridized carbons (Fsp3) is 0.357. The van der Waals surface area contributed by atoms with Crippen molar-refractivity contribution in [1.82, 2.24) is 9.78 Å². The molecule has 2 aromatic rings. The molecule has 0 saturated carbocycles. The summed E-state index contributed by atoms with van der Waals surface area (Å²) in [7, 11) is 0. The molecule has 0 bridgehead atoms. The average Bonchev–Trinajstić information content (AvgIpc) is 2.65. The number of hydrogen-bond acceptors (Lipinski definition) is 2. The number of para-hydroxylation sites is 1. The Labute approximate surface area is 116 Å². The fourth-order valence-corrected chi connectivity index (χ4v) is 2.80. The van der Waals surface area contributed by atoms with Gasteiger partial charge in [-0.3, -0.25) is 0 Å². The van der Waals surface area contributed by atoms with Gasteiger partial charge in [0, 0.05) is 15.7 Å². The van der Waals surface area contributed by atoms with E-state index in [0.29, 0.717) is 12.5 Å². The van der Waals surface area contributed by atoms with Crippen LogP contribution in [0.1, 0.15) is 29.8 Å². The first-order chi connectivity index (χ1) is 8.56. The summed E-state index contributed by atoms with van der Waals surface area (Å²) in [4.78, 5) is 0. The largest absolute Gasteiger partial charge is 0.330 e. The normalized spacial score (nSPS) is 12.7. The van der Waals surface area contributed by atoms with Crippen LogP contribution in [0.2, 0.25) is 0 Å². The summed E-state index contributed by atoms with van der Waals surface area (Å²) in [5, 5.41) is 4.64. The smallest absolute Gasteiger partial charge is 0.0790 e. The highest BCUT2D eigenvalue weighted by atomic mass is 79.9. The van der Waals surface area contributed by atoms with Gasteiger partial charge in [0.1, 0.15) is 0 Å². The van der Waals surface area contributed by atoms with Crippen LogP contribution in [-0.4, -0.2) is 16.3 Å². The van der Waals surface area contributed by atoms with E-state index in [9.17, 15) is 0 Å². The lowest BCUT2D eigenvalue weighted by molar-refractivity contribution is 0.759. The SMILES string of the molecule is Cc1nn(-c2ccccc2Br)c(C)c1C(C)CN. The van der Waals surface area contributed by atoms with Crippen LogP contribution in [-0.2, 0) is 0 Å². The van der Waals surface area contributed by atoms with E-state index in [-0.39, 0.29) is 0 Å². The molecule has 0 amide bonds. The Kier molecular flexibility index (Phi) is 3.88. The Hall–Kier alpha value is -1.13. The van der Waals surface area contributed by atoms with Gasteiger partial charge >= 0.3 is 0 Å². The predicted octanol–water partition coefficient (Wildman–Crippen LogP) is 3.31. The van der Waals surface area contributed by atoms with Crippen molar-refractivity contribution in [3.05, 3.63) is 45.7 Å². The molecule has 0 radical (unpaired) electrons. The van der Waals surface area contributed by atoms with Crippen molar-refractivity contribution < 1.29 is 0 Å². The fourth-order valence-electron chi connectivity index (χ4n) is 2.34. The minimum atomic E-state index is 0.334. The van der Waals surface area contributed by atoms with Crippen LogP contribution < -0.4 is 5.73 Å². The second-order valence-corrected chi connectivity index (χ2v) is 5.44. The van der Waals surface area contributed by atoms with Crippen LogP contribution in [0, 0.1) is 13.8 Å². The summed E-state index contributed by atoms with van der Waals surface area (Å²) in [6, 6.07) is 8.10. The van der Waals surface area contributed by atoms with E-state index in [1.54, 1.807) is 0 Å². The molecular weight excluding hydrogens is 290 g/mol. The third-order valence-corrected chi connectivity index (χ3v) is 3.94. The Morgan fingerprint density at radius 1 is 1.33 bits per heavy atom. The van der Waals surface area contributed by atoms with Crippen LogP contribution in [0.5, 0.6) is 0 Å². The number of nitrogens with two attached hydrogens (primary N) is 1. The highest BCUT2D eigenvalue weighted by Gasteiger charge is 2.18. The van der Waals surface area contributed by atoms with Gasteiger partial charge in [-0.25, -0.2) is 4.68 Å². The molecule has 4 heteroatoms. The number of halogens is 1. The zero-order chi connectivity index (χ0) is 13.3. The molecule has 1 aromatic heterocycles. The van der Waals surface area contributed by atoms with Crippen LogP contribution in [0.15, 0.2) is 28.7 Å². The molecule has 0 spiro atoms. The molecule has 0 aliphatic rings. The van der Waals surface area contributed by atoms with Gasteiger partial charge in [-0.05, 0) is 54.4 Å².